The molecule has 0 aliphatic carbocycles. The summed E-state index contributed by atoms with van der Waals surface area (Å²) in [6.45, 7) is 2.09. The Morgan fingerprint density at radius 2 is 1.84 bits per heavy atom. The topological polar surface area (TPSA) is 75.6 Å². The largest absolute Gasteiger partial charge is 0.488 e. The van der Waals surface area contributed by atoms with E-state index in [1.165, 1.54) is 0 Å². The van der Waals surface area contributed by atoms with Crippen LogP contribution in [0.25, 0.3) is 0 Å². The average Bonchev–Trinajstić information content (AvgIpc) is 2.59. The van der Waals surface area contributed by atoms with Gasteiger partial charge in [0.05, 0.1) is 5.56 Å². The van der Waals surface area contributed by atoms with Crippen LogP contribution in [0, 0.1) is 0 Å². The third kappa shape index (κ3) is 6.12. The highest BCUT2D eigenvalue weighted by molar-refractivity contribution is 6.30. The van der Waals surface area contributed by atoms with Gasteiger partial charge in [0.15, 0.2) is 0 Å². The fourth-order valence-electron chi connectivity index (χ4n) is 2.24. The van der Waals surface area contributed by atoms with Crippen LogP contribution in [0.5, 0.6) is 5.75 Å². The maximum Gasteiger partial charge on any atom is 0.303 e. The van der Waals surface area contributed by atoms with E-state index in [0.29, 0.717) is 29.4 Å². The predicted molar refractivity (Wildman–Crippen MR) is 96.0 cm³/mol. The van der Waals surface area contributed by atoms with E-state index >= 15 is 0 Å². The van der Waals surface area contributed by atoms with Crippen LogP contribution in [-0.4, -0.2) is 23.0 Å². The zero-order chi connectivity index (χ0) is 18.2. The molecule has 0 spiro atoms. The number of carboxylic acid groups (broad SMARTS) is 1. The molecule has 0 aromatic heterocycles. The number of benzene rings is 2. The fourth-order valence-corrected chi connectivity index (χ4v) is 2.36. The van der Waals surface area contributed by atoms with Crippen LogP contribution in [0.15, 0.2) is 48.5 Å². The quantitative estimate of drug-likeness (QED) is 0.747. The van der Waals surface area contributed by atoms with Crippen molar-refractivity contribution in [1.29, 1.82) is 0 Å². The Labute approximate surface area is 151 Å². The standard InChI is InChI=1S/C19H20ClNO4/c1-13(6-11-18(22)23)21-19(24)16-4-2-3-5-17(16)25-12-14-7-9-15(20)10-8-14/h2-5,7-10,13H,6,11-12H2,1H3,(H,21,24)(H,22,23). The van der Waals surface area contributed by atoms with Crippen molar-refractivity contribution >= 4 is 23.5 Å². The fraction of sp³-hybridized carbons (Fsp3) is 0.263. The molecule has 2 aromatic carbocycles. The van der Waals surface area contributed by atoms with Crippen molar-refractivity contribution in [2.75, 3.05) is 0 Å². The van der Waals surface area contributed by atoms with Crippen molar-refractivity contribution in [2.24, 2.45) is 0 Å². The van der Waals surface area contributed by atoms with Gasteiger partial charge in [0, 0.05) is 17.5 Å². The molecule has 6 heteroatoms. The molecule has 5 nitrogen and oxygen atoms in total. The average molecular weight is 362 g/mol. The van der Waals surface area contributed by atoms with Gasteiger partial charge in [0.2, 0.25) is 0 Å². The number of rotatable bonds is 8. The number of amides is 1. The summed E-state index contributed by atoms with van der Waals surface area (Å²) in [7, 11) is 0. The molecule has 25 heavy (non-hydrogen) atoms. The van der Waals surface area contributed by atoms with Crippen molar-refractivity contribution in [3.8, 4) is 5.75 Å². The predicted octanol–water partition coefficient (Wildman–Crippen LogP) is 3.90. The molecule has 1 atom stereocenters. The minimum absolute atomic E-state index is 0.0101. The Morgan fingerprint density at radius 3 is 2.52 bits per heavy atom. The first-order valence-electron chi connectivity index (χ1n) is 7.94. The molecule has 0 aliphatic heterocycles. The third-order valence-corrected chi connectivity index (χ3v) is 3.86. The Hall–Kier alpha value is -2.53. The van der Waals surface area contributed by atoms with Crippen LogP contribution < -0.4 is 10.1 Å². The van der Waals surface area contributed by atoms with E-state index in [-0.39, 0.29) is 18.4 Å². The number of carboxylic acids is 1. The minimum Gasteiger partial charge on any atom is -0.488 e. The zero-order valence-corrected chi connectivity index (χ0v) is 14.6. The number of aliphatic carboxylic acids is 1. The lowest BCUT2D eigenvalue weighted by Gasteiger charge is -2.15. The molecular weight excluding hydrogens is 342 g/mol. The first-order chi connectivity index (χ1) is 12.0. The number of nitrogens with one attached hydrogen (secondary N) is 1. The maximum atomic E-state index is 12.4. The van der Waals surface area contributed by atoms with E-state index in [1.54, 1.807) is 43.3 Å². The summed E-state index contributed by atoms with van der Waals surface area (Å²) >= 11 is 5.86. The van der Waals surface area contributed by atoms with Gasteiger partial charge in [-0.1, -0.05) is 35.9 Å². The summed E-state index contributed by atoms with van der Waals surface area (Å²) in [5.41, 5.74) is 1.35. The highest BCUT2D eigenvalue weighted by Crippen LogP contribution is 2.20. The van der Waals surface area contributed by atoms with Crippen molar-refractivity contribution in [2.45, 2.75) is 32.4 Å². The summed E-state index contributed by atoms with van der Waals surface area (Å²) in [4.78, 5) is 23.0. The van der Waals surface area contributed by atoms with Gasteiger partial charge < -0.3 is 15.2 Å². The van der Waals surface area contributed by atoms with Gasteiger partial charge in [0.25, 0.3) is 5.91 Å². The number of carbonyl (C=O) groups excluding carboxylic acids is 1. The molecule has 0 bridgehead atoms. The van der Waals surface area contributed by atoms with Gasteiger partial charge in [-0.3, -0.25) is 9.59 Å². The number of ether oxygens (including phenoxy) is 1. The zero-order valence-electron chi connectivity index (χ0n) is 13.9. The van der Waals surface area contributed by atoms with Crippen LogP contribution in [0.4, 0.5) is 0 Å². The van der Waals surface area contributed by atoms with E-state index in [2.05, 4.69) is 5.32 Å². The van der Waals surface area contributed by atoms with Crippen molar-refractivity contribution in [3.63, 3.8) is 0 Å². The monoisotopic (exact) mass is 361 g/mol. The summed E-state index contributed by atoms with van der Waals surface area (Å²) < 4.78 is 5.77. The maximum absolute atomic E-state index is 12.4. The lowest BCUT2D eigenvalue weighted by atomic mass is 10.1. The first kappa shape index (κ1) is 18.8. The molecule has 0 aliphatic rings. The van der Waals surface area contributed by atoms with E-state index in [9.17, 15) is 9.59 Å². The molecule has 2 rings (SSSR count). The Morgan fingerprint density at radius 1 is 1.16 bits per heavy atom. The smallest absolute Gasteiger partial charge is 0.303 e. The van der Waals surface area contributed by atoms with E-state index in [1.807, 2.05) is 12.1 Å². The Bertz CT molecular complexity index is 730. The summed E-state index contributed by atoms with van der Waals surface area (Å²) in [5.74, 6) is -0.697. The summed E-state index contributed by atoms with van der Waals surface area (Å²) in [6.07, 6.45) is 0.380. The van der Waals surface area contributed by atoms with Gasteiger partial charge in [-0.05, 0) is 43.2 Å². The SMILES string of the molecule is CC(CCC(=O)O)NC(=O)c1ccccc1OCc1ccc(Cl)cc1. The van der Waals surface area contributed by atoms with Crippen LogP contribution in [0.1, 0.15) is 35.7 Å². The summed E-state index contributed by atoms with van der Waals surface area (Å²) in [5, 5.41) is 12.2. The van der Waals surface area contributed by atoms with Crippen molar-refractivity contribution in [3.05, 3.63) is 64.7 Å². The van der Waals surface area contributed by atoms with E-state index < -0.39 is 5.97 Å². The first-order valence-corrected chi connectivity index (χ1v) is 8.32. The second kappa shape index (κ2) is 9.08. The number of para-hydroxylation sites is 1. The van der Waals surface area contributed by atoms with Crippen LogP contribution in [0.3, 0.4) is 0 Å². The molecule has 2 aromatic rings. The van der Waals surface area contributed by atoms with Crippen molar-refractivity contribution < 1.29 is 19.4 Å². The summed E-state index contributed by atoms with van der Waals surface area (Å²) in [6, 6.07) is 14.0. The van der Waals surface area contributed by atoms with E-state index in [4.69, 9.17) is 21.4 Å². The molecule has 1 amide bonds. The minimum atomic E-state index is -0.882. The van der Waals surface area contributed by atoms with Crippen LogP contribution in [0.2, 0.25) is 5.02 Å². The molecule has 0 saturated carbocycles. The molecule has 2 N–H and O–H groups in total. The second-order valence-corrected chi connectivity index (χ2v) is 6.15. The van der Waals surface area contributed by atoms with Crippen LogP contribution in [-0.2, 0) is 11.4 Å². The number of hydrogen-bond acceptors (Lipinski definition) is 3. The molecule has 0 heterocycles. The molecule has 0 radical (unpaired) electrons. The third-order valence-electron chi connectivity index (χ3n) is 3.61. The van der Waals surface area contributed by atoms with Gasteiger partial charge in [-0.15, -0.1) is 0 Å². The number of hydrogen-bond donors (Lipinski definition) is 2. The number of carbonyl (C=O) groups is 2. The molecule has 1 unspecified atom stereocenters. The van der Waals surface area contributed by atoms with Gasteiger partial charge in [-0.25, -0.2) is 0 Å². The molecule has 132 valence electrons. The second-order valence-electron chi connectivity index (χ2n) is 5.72. The number of halogens is 1. The Balaban J connectivity index is 2.00. The normalized spacial score (nSPS) is 11.6. The van der Waals surface area contributed by atoms with Crippen molar-refractivity contribution in [1.82, 2.24) is 5.32 Å². The van der Waals surface area contributed by atoms with Gasteiger partial charge in [0.1, 0.15) is 12.4 Å². The Kier molecular flexibility index (Phi) is 6.83. The lowest BCUT2D eigenvalue weighted by molar-refractivity contribution is -0.137. The van der Waals surface area contributed by atoms with Gasteiger partial charge in [-0.2, -0.15) is 0 Å². The van der Waals surface area contributed by atoms with Crippen LogP contribution >= 0.6 is 11.6 Å². The molecule has 0 fully saturated rings. The van der Waals surface area contributed by atoms with E-state index in [0.717, 1.165) is 5.56 Å². The van der Waals surface area contributed by atoms with Gasteiger partial charge >= 0.3 is 5.97 Å². The molecular formula is C19H20ClNO4. The lowest BCUT2D eigenvalue weighted by Crippen LogP contribution is -2.33. The molecule has 0 saturated heterocycles. The highest BCUT2D eigenvalue weighted by atomic mass is 35.5. The highest BCUT2D eigenvalue weighted by Gasteiger charge is 2.15.